The lowest BCUT2D eigenvalue weighted by Crippen LogP contribution is -2.37. The third kappa shape index (κ3) is 0.240. The Kier molecular flexibility index (Phi) is 0.549. The van der Waals surface area contributed by atoms with Crippen LogP contribution in [0.25, 0.3) is 0 Å². The zero-order valence-corrected chi connectivity index (χ0v) is 6.33. The second kappa shape index (κ2) is 1.09. The molecule has 0 aromatic carbocycles. The highest BCUT2D eigenvalue weighted by Crippen LogP contribution is 3.04. The van der Waals surface area contributed by atoms with Gasteiger partial charge < -0.3 is 10.2 Å². The van der Waals surface area contributed by atoms with E-state index in [4.69, 9.17) is 0 Å². The first-order chi connectivity index (χ1) is 5.34. The molecule has 5 fully saturated rings. The van der Waals surface area contributed by atoms with E-state index in [0.29, 0.717) is 13.2 Å². The van der Waals surface area contributed by atoms with Crippen LogP contribution >= 0.6 is 0 Å². The highest BCUT2D eigenvalue weighted by Gasteiger charge is 3.03. The minimum atomic E-state index is 0.247. The van der Waals surface area contributed by atoms with Gasteiger partial charge in [-0.15, -0.1) is 0 Å². The number of hydrogen-bond donors (Lipinski definition) is 2. The fourth-order valence-corrected chi connectivity index (χ4v) is 5.18. The Balaban J connectivity index is 1.88. The maximum absolute atomic E-state index is 9.27. The van der Waals surface area contributed by atoms with Crippen molar-refractivity contribution in [2.45, 2.75) is 6.42 Å². The zero-order valence-electron chi connectivity index (χ0n) is 6.33. The normalized spacial score (nSPS) is 79.1. The van der Waals surface area contributed by atoms with Crippen molar-refractivity contribution < 1.29 is 10.2 Å². The van der Waals surface area contributed by atoms with E-state index < -0.39 is 0 Å². The van der Waals surface area contributed by atoms with Crippen molar-refractivity contribution in [1.29, 1.82) is 0 Å². The summed E-state index contributed by atoms with van der Waals surface area (Å²) in [6, 6.07) is 0. The van der Waals surface area contributed by atoms with E-state index >= 15 is 0 Å². The Hall–Kier alpha value is -0.0800. The van der Waals surface area contributed by atoms with E-state index in [0.717, 1.165) is 23.7 Å². The maximum Gasteiger partial charge on any atom is 0.0499 e. The molecule has 0 amide bonds. The summed E-state index contributed by atoms with van der Waals surface area (Å²) < 4.78 is 0. The van der Waals surface area contributed by atoms with E-state index in [-0.39, 0.29) is 10.8 Å². The number of rotatable bonds is 2. The van der Waals surface area contributed by atoms with Crippen molar-refractivity contribution in [3.8, 4) is 0 Å². The molecule has 0 aromatic heterocycles. The Labute approximate surface area is 65.2 Å². The van der Waals surface area contributed by atoms with Gasteiger partial charge in [0.05, 0.1) is 0 Å². The first-order valence-electron chi connectivity index (χ1n) is 4.56. The van der Waals surface area contributed by atoms with Gasteiger partial charge in [-0.3, -0.25) is 0 Å². The molecule has 2 bridgehead atoms. The van der Waals surface area contributed by atoms with Crippen LogP contribution in [0.15, 0.2) is 0 Å². The molecule has 5 rings (SSSR count). The molecule has 0 aromatic rings. The van der Waals surface area contributed by atoms with Gasteiger partial charge in [0.15, 0.2) is 0 Å². The molecule has 60 valence electrons. The SMILES string of the molecule is OCC12C3CC4C(C31)C42CO. The quantitative estimate of drug-likeness (QED) is 0.578. The molecule has 5 aliphatic rings. The average molecular weight is 152 g/mol. The third-order valence-corrected chi connectivity index (χ3v) is 5.45. The molecule has 6 unspecified atom stereocenters. The van der Waals surface area contributed by atoms with Crippen LogP contribution in [-0.4, -0.2) is 23.4 Å². The standard InChI is InChI=1S/C9H12O2/c10-2-8-4-1-5-7(6(4)8)9(5,8)3-11/h4-7,10-11H,1-3H2. The summed E-state index contributed by atoms with van der Waals surface area (Å²) in [5.41, 5.74) is 0.494. The monoisotopic (exact) mass is 152 g/mol. The molecule has 6 atom stereocenters. The van der Waals surface area contributed by atoms with Gasteiger partial charge in [0.2, 0.25) is 0 Å². The van der Waals surface area contributed by atoms with Crippen LogP contribution in [0.4, 0.5) is 0 Å². The lowest BCUT2D eigenvalue weighted by atomic mass is 9.73. The summed E-state index contributed by atoms with van der Waals surface area (Å²) in [4.78, 5) is 0. The molecule has 2 heteroatoms. The van der Waals surface area contributed by atoms with Crippen molar-refractivity contribution in [2.24, 2.45) is 34.5 Å². The van der Waals surface area contributed by atoms with Gasteiger partial charge >= 0.3 is 0 Å². The van der Waals surface area contributed by atoms with E-state index in [1.807, 2.05) is 0 Å². The van der Waals surface area contributed by atoms with Gasteiger partial charge in [-0.1, -0.05) is 0 Å². The topological polar surface area (TPSA) is 40.5 Å². The molecule has 0 saturated heterocycles. The van der Waals surface area contributed by atoms with Crippen LogP contribution in [0, 0.1) is 34.5 Å². The Morgan fingerprint density at radius 2 is 1.45 bits per heavy atom. The molecular formula is C9H12O2. The van der Waals surface area contributed by atoms with Crippen molar-refractivity contribution in [1.82, 2.24) is 0 Å². The van der Waals surface area contributed by atoms with E-state index in [2.05, 4.69) is 0 Å². The molecule has 2 nitrogen and oxygen atoms in total. The lowest BCUT2D eigenvalue weighted by molar-refractivity contribution is 0.0145. The Morgan fingerprint density at radius 1 is 1.00 bits per heavy atom. The average Bonchev–Trinajstić information content (AvgIpc) is 2.64. The molecule has 2 N–H and O–H groups in total. The predicted molar refractivity (Wildman–Crippen MR) is 37.6 cm³/mol. The molecule has 0 heterocycles. The van der Waals surface area contributed by atoms with Gasteiger partial charge in [-0.05, 0) is 30.1 Å². The summed E-state index contributed by atoms with van der Waals surface area (Å²) in [7, 11) is 0. The molecule has 0 spiro atoms. The molecule has 5 aliphatic carbocycles. The lowest BCUT2D eigenvalue weighted by Gasteiger charge is -2.33. The molecule has 5 saturated carbocycles. The Morgan fingerprint density at radius 3 is 1.73 bits per heavy atom. The minimum absolute atomic E-state index is 0.247. The van der Waals surface area contributed by atoms with Crippen LogP contribution in [-0.2, 0) is 0 Å². The van der Waals surface area contributed by atoms with Crippen LogP contribution in [0.5, 0.6) is 0 Å². The molecule has 0 aliphatic heterocycles. The van der Waals surface area contributed by atoms with Crippen LogP contribution in [0.3, 0.4) is 0 Å². The van der Waals surface area contributed by atoms with Gasteiger partial charge in [-0.2, -0.15) is 0 Å². The fourth-order valence-electron chi connectivity index (χ4n) is 5.18. The van der Waals surface area contributed by atoms with Crippen molar-refractivity contribution in [3.63, 3.8) is 0 Å². The zero-order chi connectivity index (χ0) is 7.43. The second-order valence-corrected chi connectivity index (χ2v) is 4.90. The number of aliphatic hydroxyl groups excluding tert-OH is 2. The van der Waals surface area contributed by atoms with E-state index in [9.17, 15) is 10.2 Å². The minimum Gasteiger partial charge on any atom is -0.396 e. The number of hydrogen-bond acceptors (Lipinski definition) is 2. The van der Waals surface area contributed by atoms with E-state index in [1.54, 1.807) is 0 Å². The number of aliphatic hydroxyl groups is 2. The van der Waals surface area contributed by atoms with Gasteiger partial charge in [0, 0.05) is 24.0 Å². The first kappa shape index (κ1) is 5.55. The second-order valence-electron chi connectivity index (χ2n) is 4.90. The molecule has 11 heavy (non-hydrogen) atoms. The van der Waals surface area contributed by atoms with Crippen LogP contribution in [0.2, 0.25) is 0 Å². The van der Waals surface area contributed by atoms with Gasteiger partial charge in [-0.25, -0.2) is 0 Å². The summed E-state index contributed by atoms with van der Waals surface area (Å²) in [6.45, 7) is 0.686. The fraction of sp³-hybridized carbons (Fsp3) is 1.00. The van der Waals surface area contributed by atoms with Gasteiger partial charge in [0.1, 0.15) is 0 Å². The first-order valence-corrected chi connectivity index (χ1v) is 4.56. The van der Waals surface area contributed by atoms with Crippen molar-refractivity contribution in [2.75, 3.05) is 13.2 Å². The maximum atomic E-state index is 9.27. The highest BCUT2D eigenvalue weighted by molar-refractivity contribution is 5.49. The summed E-state index contributed by atoms with van der Waals surface area (Å²) in [5, 5.41) is 18.5. The largest absolute Gasteiger partial charge is 0.396 e. The van der Waals surface area contributed by atoms with Crippen LogP contribution < -0.4 is 0 Å². The summed E-state index contributed by atoms with van der Waals surface area (Å²) in [6.07, 6.45) is 1.32. The van der Waals surface area contributed by atoms with E-state index in [1.165, 1.54) is 6.42 Å². The Bertz CT molecular complexity index is 221. The highest BCUT2D eigenvalue weighted by atomic mass is 16.3. The third-order valence-electron chi connectivity index (χ3n) is 5.45. The predicted octanol–water partition coefficient (Wildman–Crippen LogP) is -0.147. The van der Waals surface area contributed by atoms with Crippen molar-refractivity contribution >= 4 is 0 Å². The molecular weight excluding hydrogens is 140 g/mol. The van der Waals surface area contributed by atoms with Crippen molar-refractivity contribution in [3.05, 3.63) is 0 Å². The van der Waals surface area contributed by atoms with Gasteiger partial charge in [0.25, 0.3) is 0 Å². The van der Waals surface area contributed by atoms with Crippen LogP contribution in [0.1, 0.15) is 6.42 Å². The smallest absolute Gasteiger partial charge is 0.0499 e. The summed E-state index contributed by atoms with van der Waals surface area (Å²) >= 11 is 0. The summed E-state index contributed by atoms with van der Waals surface area (Å²) in [5.74, 6) is 3.30. The molecule has 0 radical (unpaired) electrons.